The number of thioether (sulfide) groups is 1. The van der Waals surface area contributed by atoms with Crippen molar-refractivity contribution in [2.45, 2.75) is 87.2 Å². The highest BCUT2D eigenvalue weighted by Crippen LogP contribution is 2.47. The summed E-state index contributed by atoms with van der Waals surface area (Å²) in [5.41, 5.74) is 2.07. The van der Waals surface area contributed by atoms with Gasteiger partial charge in [-0.15, -0.1) is 11.8 Å². The van der Waals surface area contributed by atoms with Crippen LogP contribution in [0.4, 0.5) is 0 Å². The van der Waals surface area contributed by atoms with Crippen molar-refractivity contribution in [1.82, 2.24) is 30.2 Å². The molecule has 3 aromatic heterocycles. The van der Waals surface area contributed by atoms with E-state index in [0.717, 1.165) is 82.6 Å². The zero-order chi connectivity index (χ0) is 23.4. The van der Waals surface area contributed by atoms with Crippen molar-refractivity contribution in [2.75, 3.05) is 12.8 Å². The van der Waals surface area contributed by atoms with Gasteiger partial charge in [0.2, 0.25) is 0 Å². The second-order valence-corrected chi connectivity index (χ2v) is 11.7. The Bertz CT molecular complexity index is 1270. The summed E-state index contributed by atoms with van der Waals surface area (Å²) in [5, 5.41) is 14.9. The van der Waals surface area contributed by atoms with E-state index < -0.39 is 5.41 Å². The van der Waals surface area contributed by atoms with E-state index in [4.69, 9.17) is 19.6 Å². The predicted octanol–water partition coefficient (Wildman–Crippen LogP) is 4.84. The van der Waals surface area contributed by atoms with E-state index in [1.165, 1.54) is 6.42 Å². The Morgan fingerprint density at radius 1 is 1.21 bits per heavy atom. The molecular weight excluding hydrogens is 563 g/mol. The summed E-state index contributed by atoms with van der Waals surface area (Å²) in [4.78, 5) is 23.0. The Hall–Kier alpha value is -1.53. The van der Waals surface area contributed by atoms with E-state index in [-0.39, 0.29) is 6.04 Å². The standard InChI is InChI=1S/C24H29IN6O2S/c1-13(15-8-6-12-26-15)31-22-17(20(25)29-31)23(34-2)28-21(27-22)18-14-7-5-11-24(19(14)33-30-18)10-4-3-9-16(24)32/h13,15,26H,3-12H2,1-2H3/t13-,15-,24+/m0/s1. The van der Waals surface area contributed by atoms with Gasteiger partial charge in [-0.2, -0.15) is 5.10 Å². The van der Waals surface area contributed by atoms with Crippen molar-refractivity contribution in [3.8, 4) is 11.5 Å². The quantitative estimate of drug-likeness (QED) is 0.261. The van der Waals surface area contributed by atoms with Gasteiger partial charge in [-0.3, -0.25) is 4.79 Å². The maximum atomic E-state index is 13.1. The third-order valence-corrected chi connectivity index (χ3v) is 9.43. The van der Waals surface area contributed by atoms with Gasteiger partial charge in [0.25, 0.3) is 0 Å². The lowest BCUT2D eigenvalue weighted by molar-refractivity contribution is -0.128. The average Bonchev–Trinajstić information content (AvgIpc) is 3.60. The largest absolute Gasteiger partial charge is 0.359 e. The van der Waals surface area contributed by atoms with Crippen LogP contribution < -0.4 is 5.32 Å². The fourth-order valence-corrected chi connectivity index (χ4v) is 7.65. The molecule has 3 atom stereocenters. The van der Waals surface area contributed by atoms with Crippen LogP contribution in [0.15, 0.2) is 9.55 Å². The van der Waals surface area contributed by atoms with Gasteiger partial charge in [0.05, 0.1) is 16.8 Å². The zero-order valence-corrected chi connectivity index (χ0v) is 22.5. The summed E-state index contributed by atoms with van der Waals surface area (Å²) in [6, 6.07) is 0.562. The molecule has 1 aliphatic heterocycles. The molecule has 2 fully saturated rings. The molecule has 3 aromatic rings. The SMILES string of the molecule is CSc1nc(-c2noc3c2CCC[C@@]32CCCCC2=O)nc2c1c(I)nn2[C@@H](C)[C@@H]1CCCN1. The number of carbonyl (C=O) groups is 1. The topological polar surface area (TPSA) is 98.7 Å². The number of halogens is 1. The van der Waals surface area contributed by atoms with Gasteiger partial charge >= 0.3 is 0 Å². The molecule has 1 spiro atoms. The molecule has 180 valence electrons. The number of nitrogens with one attached hydrogen (secondary N) is 1. The lowest BCUT2D eigenvalue weighted by Crippen LogP contribution is -2.41. The fourth-order valence-electron chi connectivity index (χ4n) is 6.17. The highest BCUT2D eigenvalue weighted by molar-refractivity contribution is 14.1. The van der Waals surface area contributed by atoms with Crippen molar-refractivity contribution in [3.05, 3.63) is 15.0 Å². The van der Waals surface area contributed by atoms with Gasteiger partial charge in [0, 0.05) is 18.0 Å². The van der Waals surface area contributed by atoms with E-state index >= 15 is 0 Å². The molecule has 1 N–H and O–H groups in total. The minimum atomic E-state index is -0.497. The minimum Gasteiger partial charge on any atom is -0.359 e. The molecule has 0 unspecified atom stereocenters. The van der Waals surface area contributed by atoms with Gasteiger partial charge in [-0.25, -0.2) is 14.6 Å². The van der Waals surface area contributed by atoms with Crippen molar-refractivity contribution in [2.24, 2.45) is 0 Å². The Labute approximate surface area is 216 Å². The number of hydrogen-bond acceptors (Lipinski definition) is 8. The molecule has 3 aliphatic rings. The Kier molecular flexibility index (Phi) is 5.96. The summed E-state index contributed by atoms with van der Waals surface area (Å²) < 4.78 is 8.94. The van der Waals surface area contributed by atoms with Crippen LogP contribution in [0.3, 0.4) is 0 Å². The van der Waals surface area contributed by atoms with Crippen LogP contribution in [0, 0.1) is 3.70 Å². The minimum absolute atomic E-state index is 0.181. The number of hydrogen-bond donors (Lipinski definition) is 1. The molecule has 0 radical (unpaired) electrons. The van der Waals surface area contributed by atoms with Crippen molar-refractivity contribution in [3.63, 3.8) is 0 Å². The number of ketones is 1. The molecule has 6 rings (SSSR count). The van der Waals surface area contributed by atoms with Crippen molar-refractivity contribution >= 4 is 51.2 Å². The number of Topliss-reactive ketones (excluding diaryl/α,β-unsaturated/α-hetero) is 1. The predicted molar refractivity (Wildman–Crippen MR) is 139 cm³/mol. The van der Waals surface area contributed by atoms with E-state index in [1.54, 1.807) is 11.8 Å². The average molecular weight is 593 g/mol. The van der Waals surface area contributed by atoms with E-state index in [1.807, 2.05) is 6.26 Å². The van der Waals surface area contributed by atoms with Crippen LogP contribution in [-0.4, -0.2) is 49.5 Å². The lowest BCUT2D eigenvalue weighted by Gasteiger charge is -2.36. The Morgan fingerprint density at radius 2 is 2.06 bits per heavy atom. The molecule has 2 aliphatic carbocycles. The molecule has 0 bridgehead atoms. The van der Waals surface area contributed by atoms with Crippen LogP contribution in [0.2, 0.25) is 0 Å². The molecule has 34 heavy (non-hydrogen) atoms. The molecule has 1 saturated carbocycles. The molecular formula is C24H29IN6O2S. The smallest absolute Gasteiger partial charge is 0.185 e. The summed E-state index contributed by atoms with van der Waals surface area (Å²) in [7, 11) is 0. The van der Waals surface area contributed by atoms with Crippen molar-refractivity contribution in [1.29, 1.82) is 0 Å². The molecule has 0 aromatic carbocycles. The summed E-state index contributed by atoms with van der Waals surface area (Å²) in [6.45, 7) is 3.26. The zero-order valence-electron chi connectivity index (χ0n) is 19.6. The Balaban J connectivity index is 1.49. The van der Waals surface area contributed by atoms with Crippen LogP contribution in [0.25, 0.3) is 22.6 Å². The summed E-state index contributed by atoms with van der Waals surface area (Å²) >= 11 is 3.90. The third kappa shape index (κ3) is 3.46. The third-order valence-electron chi connectivity index (χ3n) is 7.99. The molecule has 4 heterocycles. The van der Waals surface area contributed by atoms with Crippen molar-refractivity contribution < 1.29 is 9.32 Å². The fraction of sp³-hybridized carbons (Fsp3) is 0.625. The summed E-state index contributed by atoms with van der Waals surface area (Å²) in [6.07, 6.45) is 10.6. The summed E-state index contributed by atoms with van der Waals surface area (Å²) in [5.74, 6) is 1.67. The number of carbonyl (C=O) groups excluding carboxylic acids is 1. The first-order valence-corrected chi connectivity index (χ1v) is 14.6. The first-order chi connectivity index (χ1) is 16.5. The first-order valence-electron chi connectivity index (χ1n) is 12.3. The maximum absolute atomic E-state index is 13.1. The van der Waals surface area contributed by atoms with E-state index in [9.17, 15) is 4.79 Å². The van der Waals surface area contributed by atoms with E-state index in [2.05, 4.69) is 44.7 Å². The Morgan fingerprint density at radius 3 is 2.82 bits per heavy atom. The molecule has 8 nitrogen and oxygen atoms in total. The van der Waals surface area contributed by atoms with Crippen LogP contribution in [-0.2, 0) is 16.6 Å². The van der Waals surface area contributed by atoms with Crippen LogP contribution >= 0.6 is 34.4 Å². The molecule has 0 amide bonds. The van der Waals surface area contributed by atoms with E-state index in [0.29, 0.717) is 29.8 Å². The number of nitrogens with zero attached hydrogens (tertiary/aromatic N) is 5. The highest BCUT2D eigenvalue weighted by Gasteiger charge is 2.48. The number of aromatic nitrogens is 5. The monoisotopic (exact) mass is 592 g/mol. The molecule has 10 heteroatoms. The van der Waals surface area contributed by atoms with Gasteiger partial charge in [0.1, 0.15) is 14.5 Å². The van der Waals surface area contributed by atoms with Gasteiger partial charge < -0.3 is 9.84 Å². The lowest BCUT2D eigenvalue weighted by atomic mass is 9.64. The van der Waals surface area contributed by atoms with Crippen LogP contribution in [0.1, 0.15) is 75.7 Å². The number of rotatable bonds is 4. The second-order valence-electron chi connectivity index (χ2n) is 9.84. The van der Waals surface area contributed by atoms with Gasteiger partial charge in [-0.05, 0) is 87.3 Å². The second kappa shape index (κ2) is 8.85. The highest BCUT2D eigenvalue weighted by atomic mass is 127. The molecule has 1 saturated heterocycles. The first kappa shape index (κ1) is 22.9. The van der Waals surface area contributed by atoms with Crippen LogP contribution in [0.5, 0.6) is 0 Å². The maximum Gasteiger partial charge on any atom is 0.185 e. The van der Waals surface area contributed by atoms with Gasteiger partial charge in [-0.1, -0.05) is 11.6 Å². The van der Waals surface area contributed by atoms with Gasteiger partial charge in [0.15, 0.2) is 22.9 Å². The normalized spacial score (nSPS) is 25.9. The number of fused-ring (bicyclic) bond motifs is 3.